The van der Waals surface area contributed by atoms with Crippen molar-refractivity contribution in [2.45, 2.75) is 231 Å². The standard InChI is InChI=1S/C42H81NO4/c1-3-5-7-9-11-13-15-17-18-19-20-21-22-23-25-27-29-31-33-35-37-41(46)43-39(38-44)42(47)40(45)36-34-32-30-28-26-24-16-14-12-10-8-6-4-2/h14,16,28,30,39-40,42,44-45,47H,3-13,15,17-27,29,31-38H2,1-2H3,(H,43,46)/b16-14+,30-28+. The topological polar surface area (TPSA) is 89.8 Å². The summed E-state index contributed by atoms with van der Waals surface area (Å²) in [5, 5.41) is 33.4. The van der Waals surface area contributed by atoms with Gasteiger partial charge in [-0.05, 0) is 51.4 Å². The first kappa shape index (κ1) is 45.8. The first-order chi connectivity index (χ1) is 23.1. The molecule has 0 saturated heterocycles. The molecule has 0 spiro atoms. The van der Waals surface area contributed by atoms with Gasteiger partial charge in [-0.1, -0.05) is 179 Å². The van der Waals surface area contributed by atoms with Crippen molar-refractivity contribution >= 4 is 5.91 Å². The Bertz CT molecular complexity index is 694. The summed E-state index contributed by atoms with van der Waals surface area (Å²) in [7, 11) is 0. The molecule has 4 N–H and O–H groups in total. The van der Waals surface area contributed by atoms with Crippen LogP contribution >= 0.6 is 0 Å². The van der Waals surface area contributed by atoms with Crippen LogP contribution in [-0.4, -0.2) is 46.1 Å². The molecule has 0 aromatic rings. The number of unbranched alkanes of at least 4 members (excludes halogenated alkanes) is 25. The molecule has 0 saturated carbocycles. The third kappa shape index (κ3) is 33.1. The molecule has 0 aliphatic rings. The van der Waals surface area contributed by atoms with E-state index >= 15 is 0 Å². The maximum atomic E-state index is 12.4. The highest BCUT2D eigenvalue weighted by atomic mass is 16.3. The molecule has 0 rings (SSSR count). The van der Waals surface area contributed by atoms with Crippen molar-refractivity contribution in [2.24, 2.45) is 0 Å². The summed E-state index contributed by atoms with van der Waals surface area (Å²) < 4.78 is 0. The van der Waals surface area contributed by atoms with E-state index in [1.165, 1.54) is 141 Å². The number of carbonyl (C=O) groups is 1. The highest BCUT2D eigenvalue weighted by Gasteiger charge is 2.26. The highest BCUT2D eigenvalue weighted by Crippen LogP contribution is 2.16. The van der Waals surface area contributed by atoms with E-state index < -0.39 is 18.2 Å². The summed E-state index contributed by atoms with van der Waals surface area (Å²) in [6.07, 6.45) is 44.2. The van der Waals surface area contributed by atoms with Gasteiger partial charge in [0.05, 0.1) is 18.8 Å². The Morgan fingerprint density at radius 3 is 1.30 bits per heavy atom. The zero-order valence-corrected chi connectivity index (χ0v) is 31.4. The van der Waals surface area contributed by atoms with Gasteiger partial charge in [0.1, 0.15) is 6.10 Å². The molecule has 0 radical (unpaired) electrons. The lowest BCUT2D eigenvalue weighted by Gasteiger charge is -2.26. The van der Waals surface area contributed by atoms with E-state index in [1.54, 1.807) is 0 Å². The van der Waals surface area contributed by atoms with Gasteiger partial charge in [0.25, 0.3) is 0 Å². The molecule has 0 fully saturated rings. The summed E-state index contributed by atoms with van der Waals surface area (Å²) in [4.78, 5) is 12.4. The molecular formula is C42H81NO4. The molecule has 5 nitrogen and oxygen atoms in total. The smallest absolute Gasteiger partial charge is 0.220 e. The molecule has 278 valence electrons. The van der Waals surface area contributed by atoms with E-state index in [2.05, 4.69) is 43.5 Å². The van der Waals surface area contributed by atoms with Gasteiger partial charge in [-0.3, -0.25) is 4.79 Å². The molecule has 0 aliphatic carbocycles. The van der Waals surface area contributed by atoms with Crippen LogP contribution in [0.5, 0.6) is 0 Å². The number of carbonyl (C=O) groups excluding carboxylic acids is 1. The van der Waals surface area contributed by atoms with Crippen molar-refractivity contribution in [3.05, 3.63) is 24.3 Å². The maximum absolute atomic E-state index is 12.4. The van der Waals surface area contributed by atoms with E-state index in [9.17, 15) is 20.1 Å². The van der Waals surface area contributed by atoms with Crippen LogP contribution in [-0.2, 0) is 4.79 Å². The Morgan fingerprint density at radius 1 is 0.511 bits per heavy atom. The zero-order chi connectivity index (χ0) is 34.5. The van der Waals surface area contributed by atoms with Crippen LogP contribution in [0.3, 0.4) is 0 Å². The van der Waals surface area contributed by atoms with Crippen LogP contribution in [0.4, 0.5) is 0 Å². The summed E-state index contributed by atoms with van der Waals surface area (Å²) in [6, 6.07) is -0.827. The molecule has 3 unspecified atom stereocenters. The minimum Gasteiger partial charge on any atom is -0.394 e. The van der Waals surface area contributed by atoms with E-state index in [-0.39, 0.29) is 12.5 Å². The van der Waals surface area contributed by atoms with Crippen LogP contribution in [0.2, 0.25) is 0 Å². The van der Waals surface area contributed by atoms with Crippen molar-refractivity contribution in [1.29, 1.82) is 0 Å². The van der Waals surface area contributed by atoms with Crippen molar-refractivity contribution < 1.29 is 20.1 Å². The number of rotatable bonds is 37. The number of amides is 1. The molecule has 0 bridgehead atoms. The zero-order valence-electron chi connectivity index (χ0n) is 31.4. The van der Waals surface area contributed by atoms with Gasteiger partial charge in [-0.15, -0.1) is 0 Å². The second-order valence-corrected chi connectivity index (χ2v) is 14.2. The predicted molar refractivity (Wildman–Crippen MR) is 204 cm³/mol. The number of hydrogen-bond acceptors (Lipinski definition) is 4. The van der Waals surface area contributed by atoms with Gasteiger partial charge in [-0.25, -0.2) is 0 Å². The Morgan fingerprint density at radius 2 is 0.872 bits per heavy atom. The highest BCUT2D eigenvalue weighted by molar-refractivity contribution is 5.76. The molecule has 47 heavy (non-hydrogen) atoms. The van der Waals surface area contributed by atoms with Crippen LogP contribution < -0.4 is 5.32 Å². The Balaban J connectivity index is 3.65. The monoisotopic (exact) mass is 664 g/mol. The Kier molecular flexibility index (Phi) is 36.7. The van der Waals surface area contributed by atoms with Gasteiger partial charge in [0, 0.05) is 6.42 Å². The van der Waals surface area contributed by atoms with Crippen molar-refractivity contribution in [1.82, 2.24) is 5.32 Å². The molecule has 3 atom stereocenters. The summed E-state index contributed by atoms with van der Waals surface area (Å²) in [5.41, 5.74) is 0. The Labute approximate surface area is 292 Å². The fourth-order valence-electron chi connectivity index (χ4n) is 6.30. The second kappa shape index (κ2) is 37.6. The first-order valence-electron chi connectivity index (χ1n) is 20.6. The van der Waals surface area contributed by atoms with Crippen molar-refractivity contribution in [3.63, 3.8) is 0 Å². The lowest BCUT2D eigenvalue weighted by Crippen LogP contribution is -2.50. The largest absolute Gasteiger partial charge is 0.394 e. The van der Waals surface area contributed by atoms with Gasteiger partial charge in [0.2, 0.25) is 5.91 Å². The first-order valence-corrected chi connectivity index (χ1v) is 20.6. The van der Waals surface area contributed by atoms with E-state index in [4.69, 9.17) is 0 Å². The van der Waals surface area contributed by atoms with Crippen LogP contribution in [0, 0.1) is 0 Å². The normalized spacial score (nSPS) is 13.9. The summed E-state index contributed by atoms with van der Waals surface area (Å²) >= 11 is 0. The molecule has 0 aliphatic heterocycles. The van der Waals surface area contributed by atoms with Crippen LogP contribution in [0.1, 0.15) is 213 Å². The SMILES string of the molecule is CCCCCC/C=C/CC/C=C/CCCC(O)C(O)C(CO)NC(=O)CCCCCCCCCCCCCCCCCCCCCC. The third-order valence-electron chi connectivity index (χ3n) is 9.54. The van der Waals surface area contributed by atoms with E-state index in [0.717, 1.165) is 44.9 Å². The van der Waals surface area contributed by atoms with Crippen molar-refractivity contribution in [2.75, 3.05) is 6.61 Å². The average molecular weight is 664 g/mol. The molecule has 1 amide bonds. The minimum absolute atomic E-state index is 0.157. The van der Waals surface area contributed by atoms with Crippen LogP contribution in [0.25, 0.3) is 0 Å². The molecule has 0 aromatic heterocycles. The quantitative estimate of drug-likeness (QED) is 0.0393. The molecule has 0 heterocycles. The minimum atomic E-state index is -1.16. The maximum Gasteiger partial charge on any atom is 0.220 e. The van der Waals surface area contributed by atoms with E-state index in [1.807, 2.05) is 0 Å². The van der Waals surface area contributed by atoms with Gasteiger partial charge >= 0.3 is 0 Å². The molecule has 5 heteroatoms. The predicted octanol–water partition coefficient (Wildman–Crippen LogP) is 11.4. The van der Waals surface area contributed by atoms with Gasteiger partial charge in [0.15, 0.2) is 0 Å². The van der Waals surface area contributed by atoms with E-state index in [0.29, 0.717) is 12.8 Å². The van der Waals surface area contributed by atoms with Crippen LogP contribution in [0.15, 0.2) is 24.3 Å². The summed E-state index contributed by atoms with van der Waals surface area (Å²) in [6.45, 7) is 4.14. The fourth-order valence-corrected chi connectivity index (χ4v) is 6.30. The lowest BCUT2D eigenvalue weighted by molar-refractivity contribution is -0.124. The van der Waals surface area contributed by atoms with Crippen molar-refractivity contribution in [3.8, 4) is 0 Å². The van der Waals surface area contributed by atoms with Gasteiger partial charge < -0.3 is 20.6 Å². The summed E-state index contributed by atoms with van der Waals surface area (Å²) in [5.74, 6) is -0.157. The number of hydrogen-bond donors (Lipinski definition) is 4. The number of allylic oxidation sites excluding steroid dienone is 4. The second-order valence-electron chi connectivity index (χ2n) is 14.2. The molecular weight excluding hydrogens is 582 g/mol. The lowest BCUT2D eigenvalue weighted by atomic mass is 10.0. The molecule has 0 aromatic carbocycles. The number of nitrogens with one attached hydrogen (secondary N) is 1. The van der Waals surface area contributed by atoms with Gasteiger partial charge in [-0.2, -0.15) is 0 Å². The number of aliphatic hydroxyl groups is 3. The number of aliphatic hydroxyl groups excluding tert-OH is 3. The fraction of sp³-hybridized carbons (Fsp3) is 0.881. The average Bonchev–Trinajstić information content (AvgIpc) is 3.07. The Hall–Kier alpha value is -1.17. The third-order valence-corrected chi connectivity index (χ3v) is 9.54.